The molecular formula is C28H36N4O8S2. The standard InChI is InChI=1S/C28H36N4O8S2/c1-19-6-7-25-24(12-19)27(34)26(16-31-25)42(37,38)32-10-8-28(9-11-32)14-20(17-40-28)30-15-21(33)18-39-22-4-3-5-23(13-22)41(35,36)29-2/h3-7,12-13,16,20-21,29-30,33H,8-11,14-15,17-18H2,1-2H3,(H,31,34)/t20?,21-/m0/s1. The number of rotatable bonds is 10. The van der Waals surface area contributed by atoms with Crippen molar-refractivity contribution in [3.8, 4) is 11.5 Å². The monoisotopic (exact) mass is 620 g/mol. The quantitative estimate of drug-likeness (QED) is 0.261. The SMILES string of the molecule is CNS(=O)(=O)c1cccc(OC[C@@H](O)CNC2COC3(CCN(S(=O)(=O)c4cnc5ccc(C)cc5c4O)CC3)C2)c1. The highest BCUT2D eigenvalue weighted by Crippen LogP contribution is 2.39. The van der Waals surface area contributed by atoms with Gasteiger partial charge in [-0.1, -0.05) is 17.7 Å². The molecule has 1 aromatic heterocycles. The minimum Gasteiger partial charge on any atom is -0.506 e. The number of hydrogen-bond donors (Lipinski definition) is 4. The van der Waals surface area contributed by atoms with E-state index < -0.39 is 31.8 Å². The molecule has 2 aromatic carbocycles. The summed E-state index contributed by atoms with van der Waals surface area (Å²) in [5, 5.41) is 24.9. The zero-order chi connectivity index (χ0) is 30.1. The lowest BCUT2D eigenvalue weighted by molar-refractivity contribution is -0.0312. The molecule has 5 rings (SSSR count). The van der Waals surface area contributed by atoms with Crippen LogP contribution in [-0.2, 0) is 24.8 Å². The van der Waals surface area contributed by atoms with Crippen molar-refractivity contribution in [2.75, 3.05) is 39.9 Å². The third-order valence-corrected chi connectivity index (χ3v) is 11.2. The highest BCUT2D eigenvalue weighted by molar-refractivity contribution is 7.89. The number of pyridine rings is 1. The van der Waals surface area contributed by atoms with E-state index in [1.165, 1.54) is 29.7 Å². The normalized spacial score (nSPS) is 20.2. The first-order chi connectivity index (χ1) is 19.9. The summed E-state index contributed by atoms with van der Waals surface area (Å²) < 4.78 is 66.2. The molecule has 0 bridgehead atoms. The van der Waals surface area contributed by atoms with Gasteiger partial charge in [0.15, 0.2) is 0 Å². The van der Waals surface area contributed by atoms with Crippen LogP contribution in [0, 0.1) is 6.92 Å². The Kier molecular flexibility index (Phi) is 8.77. The predicted octanol–water partition coefficient (Wildman–Crippen LogP) is 1.50. The minimum absolute atomic E-state index is 0.0242. The number of sulfonamides is 2. The van der Waals surface area contributed by atoms with Crippen molar-refractivity contribution >= 4 is 30.9 Å². The van der Waals surface area contributed by atoms with Crippen LogP contribution < -0.4 is 14.8 Å². The van der Waals surface area contributed by atoms with Crippen LogP contribution in [0.15, 0.2) is 58.5 Å². The molecule has 2 aliphatic rings. The first-order valence-corrected chi connectivity index (χ1v) is 16.7. The Morgan fingerprint density at radius 3 is 2.67 bits per heavy atom. The molecule has 2 atom stereocenters. The zero-order valence-corrected chi connectivity index (χ0v) is 25.1. The number of aliphatic hydroxyl groups is 1. The Morgan fingerprint density at radius 1 is 1.17 bits per heavy atom. The molecule has 0 amide bonds. The molecule has 2 aliphatic heterocycles. The van der Waals surface area contributed by atoms with Gasteiger partial charge in [0.1, 0.15) is 29.1 Å². The average Bonchev–Trinajstić information content (AvgIpc) is 3.37. The van der Waals surface area contributed by atoms with Crippen molar-refractivity contribution in [3.05, 3.63) is 54.2 Å². The smallest absolute Gasteiger partial charge is 0.248 e. The van der Waals surface area contributed by atoms with Crippen LogP contribution in [0.1, 0.15) is 24.8 Å². The van der Waals surface area contributed by atoms with E-state index in [1.807, 2.05) is 13.0 Å². The molecule has 0 radical (unpaired) electrons. The van der Waals surface area contributed by atoms with E-state index in [-0.39, 0.29) is 47.8 Å². The molecule has 1 unspecified atom stereocenters. The van der Waals surface area contributed by atoms with Crippen molar-refractivity contribution in [1.82, 2.24) is 19.3 Å². The van der Waals surface area contributed by atoms with Gasteiger partial charge in [0.25, 0.3) is 0 Å². The van der Waals surface area contributed by atoms with Crippen molar-refractivity contribution < 1.29 is 36.5 Å². The lowest BCUT2D eigenvalue weighted by Crippen LogP contribution is -2.47. The zero-order valence-electron chi connectivity index (χ0n) is 23.5. The van der Waals surface area contributed by atoms with Gasteiger partial charge < -0.3 is 25.0 Å². The average molecular weight is 621 g/mol. The largest absolute Gasteiger partial charge is 0.506 e. The van der Waals surface area contributed by atoms with Crippen LogP contribution in [0.3, 0.4) is 0 Å². The molecule has 3 aromatic rings. The highest BCUT2D eigenvalue weighted by atomic mass is 32.2. The molecule has 14 heteroatoms. The highest BCUT2D eigenvalue weighted by Gasteiger charge is 2.45. The van der Waals surface area contributed by atoms with Crippen LogP contribution in [0.25, 0.3) is 10.9 Å². The summed E-state index contributed by atoms with van der Waals surface area (Å²) in [5.74, 6) is 0.0433. The molecule has 0 aliphatic carbocycles. The number of aryl methyl sites for hydroxylation is 1. The van der Waals surface area contributed by atoms with Crippen molar-refractivity contribution in [2.24, 2.45) is 0 Å². The van der Waals surface area contributed by atoms with Crippen LogP contribution >= 0.6 is 0 Å². The number of piperidine rings is 1. The lowest BCUT2D eigenvalue weighted by atomic mass is 9.88. The van der Waals surface area contributed by atoms with Gasteiger partial charge in [-0.3, -0.25) is 4.98 Å². The molecule has 1 spiro atoms. The Hall–Kier alpha value is -2.85. The Balaban J connectivity index is 1.12. The molecule has 2 fully saturated rings. The summed E-state index contributed by atoms with van der Waals surface area (Å²) in [6.07, 6.45) is 2.05. The van der Waals surface area contributed by atoms with E-state index in [0.29, 0.717) is 42.5 Å². The van der Waals surface area contributed by atoms with Crippen molar-refractivity contribution in [3.63, 3.8) is 0 Å². The minimum atomic E-state index is -3.95. The fraction of sp³-hybridized carbons (Fsp3) is 0.464. The van der Waals surface area contributed by atoms with Gasteiger partial charge in [-0.25, -0.2) is 21.6 Å². The Bertz CT molecular complexity index is 1660. The number of benzene rings is 2. The number of fused-ring (bicyclic) bond motifs is 1. The first kappa shape index (κ1) is 30.6. The molecule has 2 saturated heterocycles. The van der Waals surface area contributed by atoms with E-state index in [2.05, 4.69) is 15.0 Å². The Labute approximate surface area is 245 Å². The molecule has 0 saturated carbocycles. The molecule has 12 nitrogen and oxygen atoms in total. The second-order valence-electron chi connectivity index (χ2n) is 10.8. The summed E-state index contributed by atoms with van der Waals surface area (Å²) in [4.78, 5) is 4.13. The fourth-order valence-corrected chi connectivity index (χ4v) is 7.71. The summed E-state index contributed by atoms with van der Waals surface area (Å²) >= 11 is 0. The molecule has 228 valence electrons. The topological polar surface area (TPSA) is 167 Å². The third-order valence-electron chi connectivity index (χ3n) is 7.89. The van der Waals surface area contributed by atoms with Gasteiger partial charge in [-0.2, -0.15) is 4.31 Å². The van der Waals surface area contributed by atoms with Crippen molar-refractivity contribution in [2.45, 2.75) is 53.7 Å². The number of nitrogens with one attached hydrogen (secondary N) is 2. The fourth-order valence-electron chi connectivity index (χ4n) is 5.46. The second kappa shape index (κ2) is 12.0. The molecule has 3 heterocycles. The van der Waals surface area contributed by atoms with Crippen LogP contribution in [0.5, 0.6) is 11.5 Å². The van der Waals surface area contributed by atoms with Crippen molar-refractivity contribution in [1.29, 1.82) is 0 Å². The number of ether oxygens (including phenoxy) is 2. The van der Waals surface area contributed by atoms with Gasteiger partial charge in [0, 0.05) is 37.1 Å². The van der Waals surface area contributed by atoms with Gasteiger partial charge in [-0.15, -0.1) is 0 Å². The van der Waals surface area contributed by atoms with E-state index >= 15 is 0 Å². The van der Waals surface area contributed by atoms with E-state index in [1.54, 1.807) is 24.3 Å². The van der Waals surface area contributed by atoms with Crippen LogP contribution in [0.2, 0.25) is 0 Å². The summed E-state index contributed by atoms with van der Waals surface area (Å²) in [7, 11) is -6.22. The number of aromatic hydroxyl groups is 1. The maximum absolute atomic E-state index is 13.4. The predicted molar refractivity (Wildman–Crippen MR) is 155 cm³/mol. The van der Waals surface area contributed by atoms with E-state index in [9.17, 15) is 27.0 Å². The number of aliphatic hydroxyl groups excluding tert-OH is 1. The Morgan fingerprint density at radius 2 is 1.93 bits per heavy atom. The van der Waals surface area contributed by atoms with Gasteiger partial charge in [0.2, 0.25) is 20.0 Å². The summed E-state index contributed by atoms with van der Waals surface area (Å²) in [5.41, 5.74) is 0.951. The van der Waals surface area contributed by atoms with E-state index in [4.69, 9.17) is 9.47 Å². The number of nitrogens with zero attached hydrogens (tertiary/aromatic N) is 2. The van der Waals surface area contributed by atoms with Crippen LogP contribution in [-0.4, -0.2) is 94.0 Å². The van der Waals surface area contributed by atoms with Crippen LogP contribution in [0.4, 0.5) is 0 Å². The first-order valence-electron chi connectivity index (χ1n) is 13.7. The van der Waals surface area contributed by atoms with Gasteiger partial charge in [-0.05, 0) is 57.5 Å². The van der Waals surface area contributed by atoms with Gasteiger partial charge >= 0.3 is 0 Å². The molecular weight excluding hydrogens is 584 g/mol. The van der Waals surface area contributed by atoms with E-state index in [0.717, 1.165) is 5.56 Å². The number of aromatic nitrogens is 1. The summed E-state index contributed by atoms with van der Waals surface area (Å²) in [6.45, 7) is 3.01. The second-order valence-corrected chi connectivity index (χ2v) is 14.6. The maximum Gasteiger partial charge on any atom is 0.248 e. The lowest BCUT2D eigenvalue weighted by Gasteiger charge is -2.38. The third kappa shape index (κ3) is 6.39. The van der Waals surface area contributed by atoms with Gasteiger partial charge in [0.05, 0.1) is 28.8 Å². The molecule has 4 N–H and O–H groups in total. The summed E-state index contributed by atoms with van der Waals surface area (Å²) in [6, 6.07) is 11.3. The molecule has 42 heavy (non-hydrogen) atoms. The maximum atomic E-state index is 13.4. The number of hydrogen-bond acceptors (Lipinski definition) is 10.